The zero-order valence-electron chi connectivity index (χ0n) is 26.4. The normalized spacial score (nSPS) is 15.5. The Morgan fingerprint density at radius 3 is 2.24 bits per heavy atom. The van der Waals surface area contributed by atoms with Crippen molar-refractivity contribution in [2.24, 2.45) is 0 Å². The number of carbonyl (C=O) groups is 2. The van der Waals surface area contributed by atoms with E-state index in [-0.39, 0.29) is 19.0 Å². The van der Waals surface area contributed by atoms with E-state index >= 15 is 0 Å². The lowest BCUT2D eigenvalue weighted by Crippen LogP contribution is -2.42. The van der Waals surface area contributed by atoms with E-state index in [1.165, 1.54) is 17.7 Å². The molecule has 0 radical (unpaired) electrons. The summed E-state index contributed by atoms with van der Waals surface area (Å²) in [5, 5.41) is 21.8. The largest absolute Gasteiger partial charge is 0.368 e. The number of nitrogens with one attached hydrogen (secondary N) is 1. The quantitative estimate of drug-likeness (QED) is 0.353. The fraction of sp³-hybridized carbons (Fsp3) is 0.567. The molecule has 12 heteroatoms. The smallest absolute Gasteiger partial charge is 0.333 e. The summed E-state index contributed by atoms with van der Waals surface area (Å²) in [6.07, 6.45) is 1.19. The van der Waals surface area contributed by atoms with Crippen molar-refractivity contribution in [1.82, 2.24) is 18.9 Å². The Kier molecular flexibility index (Phi) is 17.1. The van der Waals surface area contributed by atoms with Gasteiger partial charge in [0, 0.05) is 42.9 Å². The molecule has 0 spiro atoms. The lowest BCUT2D eigenvalue weighted by molar-refractivity contribution is -0.117. The molecule has 2 N–H and O–H groups in total. The van der Waals surface area contributed by atoms with Crippen molar-refractivity contribution in [3.8, 4) is 6.07 Å². The molecule has 1 aliphatic rings. The molecule has 11 nitrogen and oxygen atoms in total. The number of amides is 1. The third-order valence-electron chi connectivity index (χ3n) is 5.79. The topological polar surface area (TPSA) is 143 Å². The summed E-state index contributed by atoms with van der Waals surface area (Å²) < 4.78 is 19.0. The SMILES string of the molecule is CC.CC.CC(=O)CF.Cc1cn(C2CCC(O)O2)c(=O)n(CCCNC(=O)c2ccc([N+](C)(C)C)c(C#N)c2)c1=O. The van der Waals surface area contributed by atoms with Crippen LogP contribution in [0.5, 0.6) is 0 Å². The number of ketones is 1. The molecule has 0 aliphatic carbocycles. The Morgan fingerprint density at radius 2 is 1.76 bits per heavy atom. The van der Waals surface area contributed by atoms with Crippen molar-refractivity contribution in [2.45, 2.75) is 79.9 Å². The molecule has 2 heterocycles. The molecule has 1 aromatic carbocycles. The summed E-state index contributed by atoms with van der Waals surface area (Å²) in [6.45, 7) is 10.4. The Morgan fingerprint density at radius 1 is 1.17 bits per heavy atom. The van der Waals surface area contributed by atoms with Gasteiger partial charge in [0.15, 0.2) is 12.1 Å². The zero-order chi connectivity index (χ0) is 32.6. The van der Waals surface area contributed by atoms with Gasteiger partial charge in [0.05, 0.1) is 21.1 Å². The lowest BCUT2D eigenvalue weighted by atomic mass is 10.1. The van der Waals surface area contributed by atoms with Gasteiger partial charge in [0.1, 0.15) is 30.2 Å². The summed E-state index contributed by atoms with van der Waals surface area (Å²) >= 11 is 0. The number of carbonyl (C=O) groups excluding carboxylic acids is 2. The lowest BCUT2D eigenvalue weighted by Gasteiger charge is -2.24. The number of ether oxygens (including phenoxy) is 1. The highest BCUT2D eigenvalue weighted by Gasteiger charge is 2.27. The van der Waals surface area contributed by atoms with Gasteiger partial charge in [-0.05, 0) is 38.8 Å². The number of nitriles is 1. The van der Waals surface area contributed by atoms with Crippen LogP contribution in [0.25, 0.3) is 0 Å². The molecule has 1 amide bonds. The summed E-state index contributed by atoms with van der Waals surface area (Å²) in [5.41, 5.74) is 1.10. The molecule has 2 unspecified atom stereocenters. The predicted molar refractivity (Wildman–Crippen MR) is 162 cm³/mol. The number of aryl methyl sites for hydroxylation is 1. The molecule has 3 rings (SSSR count). The molecule has 2 atom stereocenters. The zero-order valence-corrected chi connectivity index (χ0v) is 26.4. The minimum absolute atomic E-state index is 0.124. The number of aliphatic hydroxyl groups is 1. The first-order valence-corrected chi connectivity index (χ1v) is 14.2. The average Bonchev–Trinajstić information content (AvgIpc) is 3.41. The van der Waals surface area contributed by atoms with Gasteiger partial charge in [0.2, 0.25) is 0 Å². The van der Waals surface area contributed by atoms with Crippen LogP contribution in [0.3, 0.4) is 0 Å². The number of aromatic nitrogens is 2. The second kappa shape index (κ2) is 18.7. The maximum absolute atomic E-state index is 12.8. The molecule has 42 heavy (non-hydrogen) atoms. The second-order valence-corrected chi connectivity index (χ2v) is 9.88. The number of alkyl halides is 1. The number of benzene rings is 1. The number of rotatable bonds is 8. The number of halogens is 1. The highest BCUT2D eigenvalue weighted by atomic mass is 19.1. The monoisotopic (exact) mass is 592 g/mol. The first kappa shape index (κ1) is 38.3. The number of Topliss-reactive ketones (excluding diaryl/α,β-unsaturated/α-hetero) is 1. The summed E-state index contributed by atoms with van der Waals surface area (Å²) in [4.78, 5) is 47.3. The molecule has 1 aliphatic heterocycles. The summed E-state index contributed by atoms with van der Waals surface area (Å²) in [7, 11) is 5.83. The number of hydrogen-bond acceptors (Lipinski definition) is 7. The first-order chi connectivity index (χ1) is 19.8. The Balaban J connectivity index is 0.00000166. The van der Waals surface area contributed by atoms with E-state index in [0.29, 0.717) is 40.4 Å². The van der Waals surface area contributed by atoms with E-state index < -0.39 is 36.2 Å². The fourth-order valence-corrected chi connectivity index (χ4v) is 3.86. The van der Waals surface area contributed by atoms with Crippen molar-refractivity contribution in [3.05, 3.63) is 61.9 Å². The second-order valence-electron chi connectivity index (χ2n) is 9.88. The fourth-order valence-electron chi connectivity index (χ4n) is 3.86. The highest BCUT2D eigenvalue weighted by molar-refractivity contribution is 5.95. The van der Waals surface area contributed by atoms with Crippen LogP contribution in [0.1, 0.15) is 81.6 Å². The number of aliphatic hydroxyl groups excluding tert-OH is 1. The highest BCUT2D eigenvalue weighted by Crippen LogP contribution is 2.25. The number of quaternary nitrogens is 1. The molecule has 1 fully saturated rings. The molecule has 0 bridgehead atoms. The average molecular weight is 593 g/mol. The van der Waals surface area contributed by atoms with E-state index in [0.717, 1.165) is 10.3 Å². The van der Waals surface area contributed by atoms with Gasteiger partial charge in [-0.1, -0.05) is 27.7 Å². The van der Waals surface area contributed by atoms with E-state index in [9.17, 15) is 33.9 Å². The van der Waals surface area contributed by atoms with Crippen molar-refractivity contribution < 1.29 is 23.8 Å². The van der Waals surface area contributed by atoms with Crippen molar-refractivity contribution >= 4 is 17.4 Å². The first-order valence-electron chi connectivity index (χ1n) is 14.2. The minimum Gasteiger partial charge on any atom is -0.368 e. The van der Waals surface area contributed by atoms with Crippen LogP contribution in [0.15, 0.2) is 34.0 Å². The van der Waals surface area contributed by atoms with Gasteiger partial charge in [-0.2, -0.15) is 5.26 Å². The van der Waals surface area contributed by atoms with Gasteiger partial charge in [-0.3, -0.25) is 28.0 Å². The van der Waals surface area contributed by atoms with Gasteiger partial charge < -0.3 is 15.2 Å². The van der Waals surface area contributed by atoms with Gasteiger partial charge in [-0.15, -0.1) is 0 Å². The maximum atomic E-state index is 12.8. The molecule has 2 aromatic rings. The molecule has 0 saturated carbocycles. The number of hydrogen-bond donors (Lipinski definition) is 2. The van der Waals surface area contributed by atoms with Gasteiger partial charge in [0.25, 0.3) is 11.5 Å². The van der Waals surface area contributed by atoms with Crippen molar-refractivity contribution in [1.29, 1.82) is 5.26 Å². The Bertz CT molecular complexity index is 1320. The van der Waals surface area contributed by atoms with Crippen LogP contribution in [-0.4, -0.2) is 66.6 Å². The molecule has 234 valence electrons. The van der Waals surface area contributed by atoms with E-state index in [2.05, 4.69) is 11.4 Å². The van der Waals surface area contributed by atoms with Crippen molar-refractivity contribution in [3.63, 3.8) is 0 Å². The summed E-state index contributed by atoms with van der Waals surface area (Å²) in [6, 6.07) is 7.15. The third-order valence-corrected chi connectivity index (χ3v) is 5.79. The molecule has 1 aromatic heterocycles. The maximum Gasteiger partial charge on any atom is 0.333 e. The standard InChI is InChI=1S/C23H29N5O5.C3H5FO.2C2H6/c1-15-14-27(19-8-9-20(29)33-19)23(32)26(22(15)31)11-5-10-25-21(30)16-6-7-18(28(2,3)4)17(12-16)13-24;1-3(5)2-4;2*1-2/h6-7,12,14,19-20,29H,5,8-11H2,1-4H3;2H2,1H3;2*1-2H3/p+1. The summed E-state index contributed by atoms with van der Waals surface area (Å²) in [5.74, 6) is -0.744. The van der Waals surface area contributed by atoms with Gasteiger partial charge >= 0.3 is 5.69 Å². The van der Waals surface area contributed by atoms with Crippen LogP contribution in [0.2, 0.25) is 0 Å². The molecular formula is C30H47FN5O6+. The number of nitrogens with zero attached hydrogens (tertiary/aromatic N) is 4. The van der Waals surface area contributed by atoms with E-state index in [4.69, 9.17) is 4.74 Å². The van der Waals surface area contributed by atoms with Crippen LogP contribution in [-0.2, 0) is 16.1 Å². The van der Waals surface area contributed by atoms with Gasteiger partial charge in [-0.25, -0.2) is 9.18 Å². The third kappa shape index (κ3) is 11.3. The van der Waals surface area contributed by atoms with E-state index in [1.54, 1.807) is 25.1 Å². The van der Waals surface area contributed by atoms with E-state index in [1.807, 2.05) is 48.8 Å². The van der Waals surface area contributed by atoms with Crippen LogP contribution >= 0.6 is 0 Å². The van der Waals surface area contributed by atoms with Crippen LogP contribution in [0.4, 0.5) is 10.1 Å². The minimum atomic E-state index is -0.921. The molecular weight excluding hydrogens is 545 g/mol. The Labute approximate surface area is 247 Å². The predicted octanol–water partition coefficient (Wildman–Crippen LogP) is 3.43. The molecule has 1 saturated heterocycles. The van der Waals surface area contributed by atoms with Crippen LogP contribution < -0.4 is 21.0 Å². The van der Waals surface area contributed by atoms with Crippen LogP contribution in [0, 0.1) is 18.3 Å². The Hall–Kier alpha value is -3.66. The van der Waals surface area contributed by atoms with Crippen molar-refractivity contribution in [2.75, 3.05) is 34.4 Å².